The van der Waals surface area contributed by atoms with Crippen LogP contribution in [0.3, 0.4) is 0 Å². The molecule has 1 aromatic rings. The van der Waals surface area contributed by atoms with Gasteiger partial charge in [-0.3, -0.25) is 4.99 Å². The van der Waals surface area contributed by atoms with Gasteiger partial charge < -0.3 is 14.8 Å². The molecule has 0 aliphatic carbocycles. The van der Waals surface area contributed by atoms with E-state index in [-0.39, 0.29) is 5.75 Å². The highest BCUT2D eigenvalue weighted by atomic mass is 32.2. The molecule has 0 bridgehead atoms. The third-order valence-electron chi connectivity index (χ3n) is 2.78. The highest BCUT2D eigenvalue weighted by Crippen LogP contribution is 2.03. The first-order valence-corrected chi connectivity index (χ1v) is 8.09. The van der Waals surface area contributed by atoms with Crippen molar-refractivity contribution in [2.75, 3.05) is 32.6 Å². The number of nitrogens with one attached hydrogen (secondary N) is 1. The average Bonchev–Trinajstić information content (AvgIpc) is 2.69. The van der Waals surface area contributed by atoms with E-state index in [0.29, 0.717) is 19.0 Å². The number of rotatable bonds is 5. The number of aromatic nitrogens is 1. The maximum Gasteiger partial charge on any atom is 0.193 e. The SMILES string of the molecule is CN=C(NCCS(C)(=O)=O)N(C)Cc1cccn1C. The van der Waals surface area contributed by atoms with Gasteiger partial charge >= 0.3 is 0 Å². The molecule has 0 spiro atoms. The Hall–Kier alpha value is -1.50. The molecule has 6 nitrogen and oxygen atoms in total. The zero-order chi connectivity index (χ0) is 14.5. The molecule has 0 saturated heterocycles. The lowest BCUT2D eigenvalue weighted by Gasteiger charge is -2.22. The van der Waals surface area contributed by atoms with Crippen molar-refractivity contribution in [1.29, 1.82) is 0 Å². The van der Waals surface area contributed by atoms with E-state index >= 15 is 0 Å². The number of aliphatic imine (C=N–C) groups is 1. The van der Waals surface area contributed by atoms with Crippen molar-refractivity contribution in [2.45, 2.75) is 6.54 Å². The Balaban J connectivity index is 2.53. The zero-order valence-electron chi connectivity index (χ0n) is 11.9. The Morgan fingerprint density at radius 3 is 2.68 bits per heavy atom. The van der Waals surface area contributed by atoms with Crippen molar-refractivity contribution in [1.82, 2.24) is 14.8 Å². The van der Waals surface area contributed by atoms with Crippen LogP contribution >= 0.6 is 0 Å². The van der Waals surface area contributed by atoms with Gasteiger partial charge in [0.05, 0.1) is 12.3 Å². The number of hydrogen-bond acceptors (Lipinski definition) is 3. The van der Waals surface area contributed by atoms with E-state index in [1.807, 2.05) is 41.9 Å². The molecule has 7 heteroatoms. The molecule has 0 amide bonds. The first kappa shape index (κ1) is 15.6. The van der Waals surface area contributed by atoms with Gasteiger partial charge in [-0.15, -0.1) is 0 Å². The summed E-state index contributed by atoms with van der Waals surface area (Å²) in [7, 11) is 2.64. The summed E-state index contributed by atoms with van der Waals surface area (Å²) in [5, 5.41) is 3.05. The fourth-order valence-electron chi connectivity index (χ4n) is 1.71. The van der Waals surface area contributed by atoms with Crippen molar-refractivity contribution >= 4 is 15.8 Å². The van der Waals surface area contributed by atoms with E-state index in [1.165, 1.54) is 6.26 Å². The van der Waals surface area contributed by atoms with Crippen LogP contribution in [0.2, 0.25) is 0 Å². The van der Waals surface area contributed by atoms with Gasteiger partial charge in [-0.25, -0.2) is 8.42 Å². The fourth-order valence-corrected chi connectivity index (χ4v) is 2.18. The maximum atomic E-state index is 11.1. The van der Waals surface area contributed by atoms with Crippen LogP contribution in [0, 0.1) is 0 Å². The summed E-state index contributed by atoms with van der Waals surface area (Å²) in [6, 6.07) is 4.03. The summed E-state index contributed by atoms with van der Waals surface area (Å²) < 4.78 is 24.2. The van der Waals surface area contributed by atoms with Crippen molar-refractivity contribution < 1.29 is 8.42 Å². The monoisotopic (exact) mass is 286 g/mol. The second kappa shape index (κ2) is 6.60. The molecular weight excluding hydrogens is 264 g/mol. The minimum absolute atomic E-state index is 0.101. The maximum absolute atomic E-state index is 11.1. The van der Waals surface area contributed by atoms with Gasteiger partial charge in [0.1, 0.15) is 9.84 Å². The largest absolute Gasteiger partial charge is 0.355 e. The third-order valence-corrected chi connectivity index (χ3v) is 3.73. The second-order valence-electron chi connectivity index (χ2n) is 4.57. The Labute approximate surface area is 115 Å². The van der Waals surface area contributed by atoms with E-state index < -0.39 is 9.84 Å². The number of nitrogens with zero attached hydrogens (tertiary/aromatic N) is 3. The fraction of sp³-hybridized carbons (Fsp3) is 0.583. The predicted octanol–water partition coefficient (Wildman–Crippen LogP) is 0.0769. The van der Waals surface area contributed by atoms with Crippen LogP contribution in [0.15, 0.2) is 23.3 Å². The van der Waals surface area contributed by atoms with Crippen LogP contribution in [0.1, 0.15) is 5.69 Å². The van der Waals surface area contributed by atoms with Crippen LogP contribution in [0.5, 0.6) is 0 Å². The molecule has 19 heavy (non-hydrogen) atoms. The van der Waals surface area contributed by atoms with E-state index in [1.54, 1.807) is 7.05 Å². The van der Waals surface area contributed by atoms with E-state index in [2.05, 4.69) is 10.3 Å². The molecule has 0 aromatic carbocycles. The van der Waals surface area contributed by atoms with Gasteiger partial charge in [-0.1, -0.05) is 0 Å². The van der Waals surface area contributed by atoms with E-state index in [0.717, 1.165) is 5.69 Å². The second-order valence-corrected chi connectivity index (χ2v) is 6.83. The molecule has 1 aromatic heterocycles. The smallest absolute Gasteiger partial charge is 0.193 e. The van der Waals surface area contributed by atoms with E-state index in [9.17, 15) is 8.42 Å². The molecule has 1 heterocycles. The first-order chi connectivity index (χ1) is 8.83. The van der Waals surface area contributed by atoms with Gasteiger partial charge in [0.2, 0.25) is 0 Å². The molecular formula is C12H22N4O2S. The Bertz CT molecular complexity index is 534. The lowest BCUT2D eigenvalue weighted by molar-refractivity contribution is 0.463. The van der Waals surface area contributed by atoms with E-state index in [4.69, 9.17) is 0 Å². The molecule has 0 fully saturated rings. The number of hydrogen-bond donors (Lipinski definition) is 1. The predicted molar refractivity (Wildman–Crippen MR) is 78.0 cm³/mol. The van der Waals surface area contributed by atoms with Crippen LogP contribution in [-0.2, 0) is 23.4 Å². The van der Waals surface area contributed by atoms with Gasteiger partial charge in [0.15, 0.2) is 5.96 Å². The third kappa shape index (κ3) is 5.34. The van der Waals surface area contributed by atoms with Crippen molar-refractivity contribution in [3.05, 3.63) is 24.0 Å². The van der Waals surface area contributed by atoms with Crippen molar-refractivity contribution in [3.63, 3.8) is 0 Å². The Kier molecular flexibility index (Phi) is 5.41. The number of aryl methyl sites for hydroxylation is 1. The zero-order valence-corrected chi connectivity index (χ0v) is 12.7. The summed E-state index contributed by atoms with van der Waals surface area (Å²) in [5.74, 6) is 0.786. The lowest BCUT2D eigenvalue weighted by Crippen LogP contribution is -2.40. The minimum atomic E-state index is -2.95. The summed E-state index contributed by atoms with van der Waals surface area (Å²) in [6.45, 7) is 1.07. The Morgan fingerprint density at radius 1 is 1.53 bits per heavy atom. The average molecular weight is 286 g/mol. The topological polar surface area (TPSA) is 66.7 Å². The molecule has 0 unspecified atom stereocenters. The highest BCUT2D eigenvalue weighted by Gasteiger charge is 2.09. The lowest BCUT2D eigenvalue weighted by atomic mass is 10.4. The van der Waals surface area contributed by atoms with Crippen molar-refractivity contribution in [2.24, 2.45) is 12.0 Å². The van der Waals surface area contributed by atoms with Gasteiger partial charge in [0.25, 0.3) is 0 Å². The quantitative estimate of drug-likeness (QED) is 0.615. The minimum Gasteiger partial charge on any atom is -0.355 e. The molecule has 0 aliphatic heterocycles. The van der Waals surface area contributed by atoms with Gasteiger partial charge in [-0.2, -0.15) is 0 Å². The van der Waals surface area contributed by atoms with Gasteiger partial charge in [0, 0.05) is 45.8 Å². The molecule has 108 valence electrons. The first-order valence-electron chi connectivity index (χ1n) is 6.03. The summed E-state index contributed by atoms with van der Waals surface area (Å²) in [4.78, 5) is 6.10. The highest BCUT2D eigenvalue weighted by molar-refractivity contribution is 7.90. The summed E-state index contributed by atoms with van der Waals surface area (Å²) in [5.41, 5.74) is 1.16. The van der Waals surface area contributed by atoms with Crippen LogP contribution in [0.4, 0.5) is 0 Å². The van der Waals surface area contributed by atoms with Gasteiger partial charge in [-0.05, 0) is 12.1 Å². The summed E-state index contributed by atoms with van der Waals surface area (Å²) >= 11 is 0. The standard InChI is InChI=1S/C12H22N4O2S/c1-13-12(14-7-9-19(4,17)18)16(3)10-11-6-5-8-15(11)2/h5-6,8H,7,9-10H2,1-4H3,(H,13,14). The Morgan fingerprint density at radius 2 is 2.21 bits per heavy atom. The summed E-state index contributed by atoms with van der Waals surface area (Å²) in [6.07, 6.45) is 3.22. The molecule has 0 aliphatic rings. The van der Waals surface area contributed by atoms with Crippen LogP contribution < -0.4 is 5.32 Å². The van der Waals surface area contributed by atoms with Crippen LogP contribution in [-0.4, -0.2) is 56.5 Å². The van der Waals surface area contributed by atoms with Crippen molar-refractivity contribution in [3.8, 4) is 0 Å². The van der Waals surface area contributed by atoms with Crippen LogP contribution in [0.25, 0.3) is 0 Å². The number of sulfone groups is 1. The molecule has 1 N–H and O–H groups in total. The number of guanidine groups is 1. The molecule has 1 rings (SSSR count). The molecule has 0 saturated carbocycles. The molecule has 0 radical (unpaired) electrons. The molecule has 0 atom stereocenters. The normalized spacial score (nSPS) is 12.5.